The zero-order valence-corrected chi connectivity index (χ0v) is 11.7. The normalized spacial score (nSPS) is 31.9. The van der Waals surface area contributed by atoms with Gasteiger partial charge in [-0.2, -0.15) is 17.6 Å². The third kappa shape index (κ3) is 2.42. The van der Waals surface area contributed by atoms with Crippen LogP contribution >= 0.6 is 0 Å². The Morgan fingerprint density at radius 3 is 2.70 bits per heavy atom. The lowest BCUT2D eigenvalue weighted by molar-refractivity contribution is -0.139. The number of rotatable bonds is 2. The van der Waals surface area contributed by atoms with Crippen LogP contribution in [-0.2, 0) is 9.53 Å². The maximum Gasteiger partial charge on any atom is 0.328 e. The SMILES string of the molecule is O=C(O)C1CCC(F)(F)C(C2C(F)=CC3=C(OCC3)C2(F)F)=N1. The Morgan fingerprint density at radius 2 is 2.04 bits per heavy atom. The first kappa shape index (κ1) is 15.9. The summed E-state index contributed by atoms with van der Waals surface area (Å²) in [5, 5.41) is 8.89. The van der Waals surface area contributed by atoms with Gasteiger partial charge in [0.15, 0.2) is 5.76 Å². The maximum atomic E-state index is 14.5. The molecule has 2 heterocycles. The smallest absolute Gasteiger partial charge is 0.328 e. The van der Waals surface area contributed by atoms with Gasteiger partial charge in [0.05, 0.1) is 12.3 Å². The number of carboxylic acid groups (broad SMARTS) is 1. The van der Waals surface area contributed by atoms with Gasteiger partial charge in [0.2, 0.25) is 0 Å². The van der Waals surface area contributed by atoms with E-state index in [9.17, 15) is 26.7 Å². The number of hydrogen-bond donors (Lipinski definition) is 1. The highest BCUT2D eigenvalue weighted by Gasteiger charge is 2.60. The summed E-state index contributed by atoms with van der Waals surface area (Å²) in [6.45, 7) is -0.0859. The highest BCUT2D eigenvalue weighted by molar-refractivity contribution is 5.98. The van der Waals surface area contributed by atoms with Crippen LogP contribution in [0.15, 0.2) is 28.2 Å². The van der Waals surface area contributed by atoms with E-state index in [1.807, 2.05) is 0 Å². The van der Waals surface area contributed by atoms with Crippen molar-refractivity contribution in [1.82, 2.24) is 0 Å². The van der Waals surface area contributed by atoms with E-state index in [0.717, 1.165) is 6.08 Å². The molecule has 0 aromatic heterocycles. The average molecular weight is 337 g/mol. The molecule has 0 spiro atoms. The minimum Gasteiger partial charge on any atom is -0.491 e. The Hall–Kier alpha value is -1.93. The van der Waals surface area contributed by atoms with Gasteiger partial charge in [0.1, 0.15) is 17.8 Å². The number of allylic oxidation sites excluding steroid dienone is 3. The van der Waals surface area contributed by atoms with Crippen LogP contribution in [0.25, 0.3) is 0 Å². The molecule has 3 rings (SSSR count). The summed E-state index contributed by atoms with van der Waals surface area (Å²) in [5.41, 5.74) is -1.50. The molecule has 2 aliphatic heterocycles. The van der Waals surface area contributed by atoms with E-state index in [0.29, 0.717) is 0 Å². The number of aliphatic imine (C=N–C) groups is 1. The van der Waals surface area contributed by atoms with Gasteiger partial charge >= 0.3 is 11.9 Å². The number of hydrogen-bond acceptors (Lipinski definition) is 3. The molecule has 0 aromatic rings. The van der Waals surface area contributed by atoms with E-state index in [4.69, 9.17) is 9.84 Å². The Bertz CT molecular complexity index is 653. The molecule has 0 saturated carbocycles. The van der Waals surface area contributed by atoms with E-state index < -0.39 is 59.9 Å². The van der Waals surface area contributed by atoms with Gasteiger partial charge in [-0.25, -0.2) is 9.18 Å². The summed E-state index contributed by atoms with van der Waals surface area (Å²) in [4.78, 5) is 14.2. The molecular weight excluding hydrogens is 325 g/mol. The number of ether oxygens (including phenoxy) is 1. The standard InChI is InChI=1S/C14H12F5NO3/c15-7-5-6-2-4-23-11(6)14(18,19)9(7)10-13(16,17)3-1-8(20-10)12(21)22/h5,8-9H,1-4H2,(H,21,22). The van der Waals surface area contributed by atoms with Crippen LogP contribution in [0.2, 0.25) is 0 Å². The van der Waals surface area contributed by atoms with E-state index in [2.05, 4.69) is 4.99 Å². The number of carboxylic acids is 1. The molecule has 0 radical (unpaired) electrons. The lowest BCUT2D eigenvalue weighted by Crippen LogP contribution is -2.49. The lowest BCUT2D eigenvalue weighted by Gasteiger charge is -2.35. The van der Waals surface area contributed by atoms with E-state index in [-0.39, 0.29) is 18.6 Å². The first-order valence-electron chi connectivity index (χ1n) is 6.94. The number of halogens is 5. The molecule has 9 heteroatoms. The predicted molar refractivity (Wildman–Crippen MR) is 68.3 cm³/mol. The fraction of sp³-hybridized carbons (Fsp3) is 0.571. The van der Waals surface area contributed by atoms with Gasteiger partial charge in [-0.1, -0.05) is 0 Å². The van der Waals surface area contributed by atoms with Gasteiger partial charge in [0, 0.05) is 18.4 Å². The third-order valence-electron chi connectivity index (χ3n) is 4.12. The highest BCUT2D eigenvalue weighted by Crippen LogP contribution is 2.50. The fourth-order valence-corrected chi connectivity index (χ4v) is 3.01. The molecule has 0 aromatic carbocycles. The van der Waals surface area contributed by atoms with Gasteiger partial charge in [-0.3, -0.25) is 4.99 Å². The zero-order valence-electron chi connectivity index (χ0n) is 11.7. The monoisotopic (exact) mass is 337 g/mol. The second-order valence-corrected chi connectivity index (χ2v) is 5.65. The third-order valence-corrected chi connectivity index (χ3v) is 4.12. The van der Waals surface area contributed by atoms with Crippen molar-refractivity contribution in [3.05, 3.63) is 23.2 Å². The Kier molecular flexibility index (Phi) is 3.49. The molecule has 0 bridgehead atoms. The second kappa shape index (κ2) is 5.04. The molecule has 0 amide bonds. The summed E-state index contributed by atoms with van der Waals surface area (Å²) < 4.78 is 76.0. The average Bonchev–Trinajstić information content (AvgIpc) is 2.88. The highest BCUT2D eigenvalue weighted by atomic mass is 19.3. The molecule has 1 N–H and O–H groups in total. The van der Waals surface area contributed by atoms with Crippen LogP contribution in [0.3, 0.4) is 0 Å². The molecule has 23 heavy (non-hydrogen) atoms. The van der Waals surface area contributed by atoms with Gasteiger partial charge in [-0.05, 0) is 12.5 Å². The van der Waals surface area contributed by atoms with Gasteiger partial charge in [-0.15, -0.1) is 0 Å². The Balaban J connectivity index is 2.09. The molecule has 126 valence electrons. The topological polar surface area (TPSA) is 58.9 Å². The Labute approximate surface area is 127 Å². The molecule has 1 aliphatic carbocycles. The minimum atomic E-state index is -4.03. The summed E-state index contributed by atoms with van der Waals surface area (Å²) in [5.74, 6) is -14.3. The van der Waals surface area contributed by atoms with Crippen LogP contribution in [0.5, 0.6) is 0 Å². The second-order valence-electron chi connectivity index (χ2n) is 5.65. The van der Waals surface area contributed by atoms with Gasteiger partial charge in [0.25, 0.3) is 5.92 Å². The molecule has 0 saturated heterocycles. The quantitative estimate of drug-likeness (QED) is 0.788. The molecule has 0 fully saturated rings. The zero-order chi connectivity index (χ0) is 17.0. The van der Waals surface area contributed by atoms with Crippen molar-refractivity contribution in [2.45, 2.75) is 37.1 Å². The van der Waals surface area contributed by atoms with Crippen molar-refractivity contribution in [1.29, 1.82) is 0 Å². The molecular formula is C14H12F5NO3. The molecule has 3 aliphatic rings. The number of nitrogens with zero attached hydrogens (tertiary/aromatic N) is 1. The first-order valence-corrected chi connectivity index (χ1v) is 6.94. The van der Waals surface area contributed by atoms with E-state index >= 15 is 0 Å². The molecule has 4 nitrogen and oxygen atoms in total. The summed E-state index contributed by atoms with van der Waals surface area (Å²) >= 11 is 0. The van der Waals surface area contributed by atoms with Crippen molar-refractivity contribution in [3.63, 3.8) is 0 Å². The number of carbonyl (C=O) groups is 1. The number of alkyl halides is 4. The number of aliphatic carboxylic acids is 1. The van der Waals surface area contributed by atoms with Crippen molar-refractivity contribution >= 4 is 11.7 Å². The fourth-order valence-electron chi connectivity index (χ4n) is 3.01. The van der Waals surface area contributed by atoms with Crippen LogP contribution in [0, 0.1) is 5.92 Å². The van der Waals surface area contributed by atoms with Gasteiger partial charge < -0.3 is 9.84 Å². The minimum absolute atomic E-state index is 0.0612. The van der Waals surface area contributed by atoms with Crippen molar-refractivity contribution in [2.24, 2.45) is 10.9 Å². The van der Waals surface area contributed by atoms with Crippen LogP contribution in [-0.4, -0.2) is 41.3 Å². The summed E-state index contributed by atoms with van der Waals surface area (Å²) in [7, 11) is 0. The summed E-state index contributed by atoms with van der Waals surface area (Å²) in [6, 6.07) is -1.59. The van der Waals surface area contributed by atoms with E-state index in [1.54, 1.807) is 0 Å². The lowest BCUT2D eigenvalue weighted by atomic mass is 9.81. The van der Waals surface area contributed by atoms with Crippen LogP contribution in [0.4, 0.5) is 22.0 Å². The largest absolute Gasteiger partial charge is 0.491 e. The predicted octanol–water partition coefficient (Wildman–Crippen LogP) is 3.10. The molecule has 2 unspecified atom stereocenters. The van der Waals surface area contributed by atoms with Crippen molar-refractivity contribution in [3.8, 4) is 0 Å². The van der Waals surface area contributed by atoms with Crippen molar-refractivity contribution in [2.75, 3.05) is 6.61 Å². The van der Waals surface area contributed by atoms with Crippen LogP contribution < -0.4 is 0 Å². The van der Waals surface area contributed by atoms with Crippen LogP contribution in [0.1, 0.15) is 19.3 Å². The van der Waals surface area contributed by atoms with Crippen molar-refractivity contribution < 1.29 is 36.6 Å². The van der Waals surface area contributed by atoms with E-state index in [1.165, 1.54) is 0 Å². The summed E-state index contributed by atoms with van der Waals surface area (Å²) in [6.07, 6.45) is -0.658. The first-order chi connectivity index (χ1) is 10.6. The maximum absolute atomic E-state index is 14.5. The Morgan fingerprint density at radius 1 is 1.35 bits per heavy atom. The molecule has 2 atom stereocenters.